The normalized spacial score (nSPS) is 7.22. The van der Waals surface area contributed by atoms with Crippen molar-refractivity contribution in [2.75, 3.05) is 0 Å². The average Bonchev–Trinajstić information content (AvgIpc) is 2.30. The summed E-state index contributed by atoms with van der Waals surface area (Å²) in [6.07, 6.45) is 14.5. The monoisotopic (exact) mass is 258 g/mol. The van der Waals surface area contributed by atoms with Crippen LogP contribution in [0.3, 0.4) is 0 Å². The lowest BCUT2D eigenvalue weighted by molar-refractivity contribution is 0.562. The fourth-order valence-corrected chi connectivity index (χ4v) is 1.38. The van der Waals surface area contributed by atoms with Crippen molar-refractivity contribution >= 4 is 12.2 Å². The van der Waals surface area contributed by atoms with E-state index in [-0.39, 0.29) is 7.43 Å². The van der Waals surface area contributed by atoms with Gasteiger partial charge in [0.15, 0.2) is 0 Å². The summed E-state index contributed by atoms with van der Waals surface area (Å²) >= 11 is 0. The highest BCUT2D eigenvalue weighted by Gasteiger charge is 1.88. The highest BCUT2D eigenvalue weighted by Crippen LogP contribution is 2.08. The van der Waals surface area contributed by atoms with Gasteiger partial charge in [-0.2, -0.15) is 0 Å². The molecule has 2 N–H and O–H groups in total. The molecule has 0 aliphatic heterocycles. The summed E-state index contributed by atoms with van der Waals surface area (Å²) in [5.41, 5.74) is 0. The van der Waals surface area contributed by atoms with E-state index in [4.69, 9.17) is 20.4 Å². The van der Waals surface area contributed by atoms with E-state index < -0.39 is 0 Å². The molecule has 0 unspecified atom stereocenters. The molecule has 0 heterocycles. The third kappa shape index (κ3) is 61.2. The Morgan fingerprint density at radius 3 is 1.00 bits per heavy atom. The average molecular weight is 258 g/mol. The Morgan fingerprint density at radius 1 is 0.667 bits per heavy atom. The van der Waals surface area contributed by atoms with E-state index in [1.165, 1.54) is 57.8 Å². The van der Waals surface area contributed by atoms with Crippen molar-refractivity contribution in [3.8, 4) is 0 Å². The molecule has 4 nitrogen and oxygen atoms in total. The summed E-state index contributed by atoms with van der Waals surface area (Å²) in [5, 5.41) is 10.8. The van der Waals surface area contributed by atoms with E-state index in [1.54, 1.807) is 0 Å². The van der Waals surface area contributed by atoms with Gasteiger partial charge in [0.25, 0.3) is 0 Å². The van der Waals surface area contributed by atoms with Gasteiger partial charge in [-0.25, -0.2) is 20.4 Å². The molecular formula is C14H30N2O2. The molecule has 18 heavy (non-hydrogen) atoms. The maximum Gasteiger partial charge on any atom is 0.231 e. The van der Waals surface area contributed by atoms with Crippen molar-refractivity contribution in [2.45, 2.75) is 79.1 Å². The molecule has 4 heteroatoms. The van der Waals surface area contributed by atoms with E-state index in [1.807, 2.05) is 0 Å². The highest BCUT2D eigenvalue weighted by atomic mass is 16.1. The molecule has 0 radical (unpaired) electrons. The summed E-state index contributed by atoms with van der Waals surface area (Å²) in [5.74, 6) is 0. The van der Waals surface area contributed by atoms with Crippen molar-refractivity contribution < 1.29 is 9.59 Å². The number of nitrogens with one attached hydrogen (secondary N) is 2. The minimum absolute atomic E-state index is 0. The first-order valence-electron chi connectivity index (χ1n) is 6.32. The van der Waals surface area contributed by atoms with E-state index in [0.717, 1.165) is 12.2 Å². The van der Waals surface area contributed by atoms with Crippen molar-refractivity contribution in [3.05, 3.63) is 0 Å². The minimum atomic E-state index is 0. The van der Waals surface area contributed by atoms with E-state index in [0.29, 0.717) is 0 Å². The zero-order chi connectivity index (χ0) is 13.8. The molecule has 0 aromatic carbocycles. The van der Waals surface area contributed by atoms with Gasteiger partial charge >= 0.3 is 0 Å². The Balaban J connectivity index is -0.000000119. The summed E-state index contributed by atoms with van der Waals surface area (Å²) in [6, 6.07) is 0. The van der Waals surface area contributed by atoms with Gasteiger partial charge in [0.1, 0.15) is 0 Å². The van der Waals surface area contributed by atoms with Crippen LogP contribution in [0.25, 0.3) is 0 Å². The van der Waals surface area contributed by atoms with Gasteiger partial charge in [-0.3, -0.25) is 0 Å². The van der Waals surface area contributed by atoms with Gasteiger partial charge in [0, 0.05) is 0 Å². The molecule has 0 aliphatic rings. The molecule has 108 valence electrons. The first kappa shape index (κ1) is 25.6. The zero-order valence-corrected chi connectivity index (χ0v) is 11.2. The highest BCUT2D eigenvalue weighted by molar-refractivity contribution is 5.26. The Morgan fingerprint density at radius 2 is 0.833 bits per heavy atom. The number of hydrogen-bond donors (Lipinski definition) is 2. The molecule has 0 fully saturated rings. The van der Waals surface area contributed by atoms with Crippen LogP contribution in [0.15, 0.2) is 0 Å². The SMILES string of the molecule is C.CCCCCCCCCCC.N=C=O.N=C=O. The van der Waals surface area contributed by atoms with Gasteiger partial charge in [-0.05, 0) is 0 Å². The minimum Gasteiger partial charge on any atom is -0.222 e. The lowest BCUT2D eigenvalue weighted by Crippen LogP contribution is -1.79. The maximum atomic E-state index is 8.35. The molecule has 0 saturated heterocycles. The molecule has 0 atom stereocenters. The van der Waals surface area contributed by atoms with Crippen LogP contribution < -0.4 is 0 Å². The smallest absolute Gasteiger partial charge is 0.222 e. The fourth-order valence-electron chi connectivity index (χ4n) is 1.38. The van der Waals surface area contributed by atoms with Crippen LogP contribution in [0.2, 0.25) is 0 Å². The fraction of sp³-hybridized carbons (Fsp3) is 0.857. The summed E-state index contributed by atoms with van der Waals surface area (Å²) in [7, 11) is 0. The topological polar surface area (TPSA) is 81.8 Å². The van der Waals surface area contributed by atoms with Crippen LogP contribution in [0.1, 0.15) is 79.1 Å². The lowest BCUT2D eigenvalue weighted by Gasteiger charge is -1.98. The van der Waals surface area contributed by atoms with Crippen LogP contribution in [0.4, 0.5) is 0 Å². The number of hydrogen-bond acceptors (Lipinski definition) is 4. The number of carbonyl (C=O) groups excluding carboxylic acids is 2. The molecule has 0 aromatic heterocycles. The lowest BCUT2D eigenvalue weighted by atomic mass is 10.1. The number of isocyanates is 2. The van der Waals surface area contributed by atoms with Crippen LogP contribution in [0.5, 0.6) is 0 Å². The van der Waals surface area contributed by atoms with Crippen molar-refractivity contribution in [1.29, 1.82) is 10.8 Å². The standard InChI is InChI=1S/C11H24.2CHNO.CH4/c1-3-5-7-9-11-10-8-6-4-2;2*2-1-3;/h3-11H2,1-2H3;2*2H;1H4. The molecule has 0 rings (SSSR count). The van der Waals surface area contributed by atoms with Gasteiger partial charge < -0.3 is 0 Å². The quantitative estimate of drug-likeness (QED) is 0.366. The first-order valence-corrected chi connectivity index (χ1v) is 6.32. The second kappa shape index (κ2) is 36.0. The number of unbranched alkanes of at least 4 members (excludes halogenated alkanes) is 8. The Labute approximate surface area is 112 Å². The largest absolute Gasteiger partial charge is 0.231 e. The van der Waals surface area contributed by atoms with E-state index in [9.17, 15) is 0 Å². The Hall–Kier alpha value is -1.24. The summed E-state index contributed by atoms with van der Waals surface area (Å²) < 4.78 is 0. The van der Waals surface area contributed by atoms with Crippen LogP contribution in [0, 0.1) is 10.8 Å². The maximum absolute atomic E-state index is 8.35. The second-order valence-corrected chi connectivity index (χ2v) is 3.68. The third-order valence-corrected chi connectivity index (χ3v) is 2.21. The predicted molar refractivity (Wildman–Crippen MR) is 76.5 cm³/mol. The van der Waals surface area contributed by atoms with Crippen molar-refractivity contribution in [1.82, 2.24) is 0 Å². The zero-order valence-electron chi connectivity index (χ0n) is 11.2. The molecule has 0 amide bonds. The molecule has 0 aliphatic carbocycles. The molecular weight excluding hydrogens is 228 g/mol. The third-order valence-electron chi connectivity index (χ3n) is 2.21. The van der Waals surface area contributed by atoms with Gasteiger partial charge in [-0.1, -0.05) is 79.1 Å². The number of rotatable bonds is 8. The van der Waals surface area contributed by atoms with Crippen LogP contribution in [-0.2, 0) is 9.59 Å². The van der Waals surface area contributed by atoms with Crippen molar-refractivity contribution in [2.24, 2.45) is 0 Å². The van der Waals surface area contributed by atoms with Crippen LogP contribution >= 0.6 is 0 Å². The Bertz CT molecular complexity index is 162. The van der Waals surface area contributed by atoms with E-state index in [2.05, 4.69) is 13.8 Å². The first-order chi connectivity index (χ1) is 8.24. The predicted octanol–water partition coefficient (Wildman–Crippen LogP) is 4.98. The van der Waals surface area contributed by atoms with Crippen LogP contribution in [-0.4, -0.2) is 12.2 Å². The van der Waals surface area contributed by atoms with Gasteiger partial charge in [0.2, 0.25) is 12.2 Å². The second-order valence-electron chi connectivity index (χ2n) is 3.68. The molecule has 0 aromatic rings. The van der Waals surface area contributed by atoms with Gasteiger partial charge in [0.05, 0.1) is 0 Å². The molecule has 0 spiro atoms. The Kier molecular flexibility index (Phi) is 51.2. The summed E-state index contributed by atoms with van der Waals surface area (Å²) in [4.78, 5) is 16.7. The summed E-state index contributed by atoms with van der Waals surface area (Å²) in [6.45, 7) is 4.55. The van der Waals surface area contributed by atoms with E-state index >= 15 is 0 Å². The molecule has 0 saturated carbocycles. The van der Waals surface area contributed by atoms with Gasteiger partial charge in [-0.15, -0.1) is 0 Å². The molecule has 0 bridgehead atoms. The van der Waals surface area contributed by atoms with Crippen molar-refractivity contribution in [3.63, 3.8) is 0 Å².